The third-order valence-electron chi connectivity index (χ3n) is 9.24. The molecule has 0 aliphatic heterocycles. The average Bonchev–Trinajstić information content (AvgIpc) is 2.99. The Labute approximate surface area is 177 Å². The zero-order chi connectivity index (χ0) is 21.4. The van der Waals surface area contributed by atoms with E-state index in [1.54, 1.807) is 6.08 Å². The monoisotopic (exact) mass is 402 g/mol. The van der Waals surface area contributed by atoms with E-state index in [1.165, 1.54) is 19.3 Å². The van der Waals surface area contributed by atoms with Crippen molar-refractivity contribution >= 4 is 11.8 Å². The maximum atomic E-state index is 12.8. The summed E-state index contributed by atoms with van der Waals surface area (Å²) in [6.45, 7) is 11.4. The van der Waals surface area contributed by atoms with Gasteiger partial charge in [-0.25, -0.2) is 0 Å². The van der Waals surface area contributed by atoms with Gasteiger partial charge in [-0.3, -0.25) is 9.59 Å². The molecule has 164 valence electrons. The van der Waals surface area contributed by atoms with Crippen molar-refractivity contribution in [2.24, 2.45) is 46.3 Å². The topological polar surface area (TPSA) is 54.4 Å². The van der Waals surface area contributed by atoms with Gasteiger partial charge in [0.2, 0.25) is 0 Å². The molecule has 29 heavy (non-hydrogen) atoms. The van der Waals surface area contributed by atoms with Gasteiger partial charge in [0, 0.05) is 5.41 Å². The lowest BCUT2D eigenvalue weighted by atomic mass is 9.50. The van der Waals surface area contributed by atoms with Gasteiger partial charge >= 0.3 is 5.97 Å². The first kappa shape index (κ1) is 22.6. The van der Waals surface area contributed by atoms with E-state index in [0.29, 0.717) is 11.8 Å². The van der Waals surface area contributed by atoms with Gasteiger partial charge in [-0.2, -0.15) is 0 Å². The van der Waals surface area contributed by atoms with Crippen LogP contribution in [0.2, 0.25) is 0 Å². The third kappa shape index (κ3) is 4.08. The smallest absolute Gasteiger partial charge is 0.307 e. The van der Waals surface area contributed by atoms with Crippen LogP contribution >= 0.6 is 0 Å². The first-order chi connectivity index (χ1) is 13.6. The van der Waals surface area contributed by atoms with Gasteiger partial charge in [0.15, 0.2) is 5.78 Å². The van der Waals surface area contributed by atoms with E-state index >= 15 is 0 Å². The van der Waals surface area contributed by atoms with Crippen LogP contribution < -0.4 is 0 Å². The zero-order valence-corrected chi connectivity index (χ0v) is 19.2. The van der Waals surface area contributed by atoms with Gasteiger partial charge in [0.05, 0.1) is 5.92 Å². The Morgan fingerprint density at radius 3 is 2.45 bits per heavy atom. The molecule has 3 heteroatoms. The highest BCUT2D eigenvalue weighted by Crippen LogP contribution is 2.64. The summed E-state index contributed by atoms with van der Waals surface area (Å²) >= 11 is 0. The number of carboxylic acids is 1. The number of carbonyl (C=O) groups excluding carboxylic acids is 1. The number of ketones is 1. The quantitative estimate of drug-likeness (QED) is 0.527. The Balaban J connectivity index is 1.80. The van der Waals surface area contributed by atoms with Crippen LogP contribution in [0.1, 0.15) is 92.4 Å². The molecule has 1 N–H and O–H groups in total. The van der Waals surface area contributed by atoms with Gasteiger partial charge in [-0.15, -0.1) is 0 Å². The second-order valence-corrected chi connectivity index (χ2v) is 11.3. The van der Waals surface area contributed by atoms with Gasteiger partial charge in [-0.05, 0) is 79.6 Å². The van der Waals surface area contributed by atoms with Gasteiger partial charge in [0.25, 0.3) is 0 Å². The summed E-state index contributed by atoms with van der Waals surface area (Å²) in [6, 6.07) is 0. The Hall–Kier alpha value is -1.12. The molecule has 2 fully saturated rings. The second-order valence-electron chi connectivity index (χ2n) is 11.3. The van der Waals surface area contributed by atoms with Crippen LogP contribution in [0.5, 0.6) is 0 Å². The lowest BCUT2D eigenvalue weighted by Crippen LogP contribution is -2.52. The van der Waals surface area contributed by atoms with Crippen LogP contribution in [0.25, 0.3) is 0 Å². The summed E-state index contributed by atoms with van der Waals surface area (Å²) in [6.07, 6.45) is 13.3. The van der Waals surface area contributed by atoms with Crippen LogP contribution in [0.4, 0.5) is 0 Å². The van der Waals surface area contributed by atoms with Crippen LogP contribution in [0, 0.1) is 46.3 Å². The summed E-state index contributed by atoms with van der Waals surface area (Å²) < 4.78 is 0. The van der Waals surface area contributed by atoms with Crippen molar-refractivity contribution in [3.05, 3.63) is 12.2 Å². The largest absolute Gasteiger partial charge is 0.481 e. The number of carboxylic acid groups (broad SMARTS) is 1. The molecule has 0 aromatic carbocycles. The molecule has 0 aromatic rings. The fraction of sp³-hybridized carbons (Fsp3) is 0.846. The molecule has 0 heterocycles. The van der Waals surface area contributed by atoms with Crippen LogP contribution in [-0.2, 0) is 9.59 Å². The highest BCUT2D eigenvalue weighted by Gasteiger charge is 2.60. The molecule has 3 nitrogen and oxygen atoms in total. The van der Waals surface area contributed by atoms with Crippen molar-refractivity contribution in [1.29, 1.82) is 0 Å². The Morgan fingerprint density at radius 1 is 1.10 bits per heavy atom. The van der Waals surface area contributed by atoms with Crippen molar-refractivity contribution in [2.45, 2.75) is 92.4 Å². The lowest BCUT2D eigenvalue weighted by molar-refractivity contribution is -0.159. The molecule has 3 rings (SSSR count). The van der Waals surface area contributed by atoms with E-state index in [2.05, 4.69) is 27.7 Å². The SMILES string of the molecule is CC(C)CCC[C@H](C)[C@@H]1CC[C@@H]2[C@@H](C(=O)O)[C@@H]([C@@]3(C)CCC=CC3=O)CC[C@@]21C. The third-order valence-corrected chi connectivity index (χ3v) is 9.24. The van der Waals surface area contributed by atoms with Crippen molar-refractivity contribution < 1.29 is 14.7 Å². The fourth-order valence-electron chi connectivity index (χ4n) is 7.48. The van der Waals surface area contributed by atoms with Crippen molar-refractivity contribution in [1.82, 2.24) is 0 Å². The van der Waals surface area contributed by atoms with Crippen molar-refractivity contribution in [2.75, 3.05) is 0 Å². The van der Waals surface area contributed by atoms with E-state index in [4.69, 9.17) is 0 Å². The lowest BCUT2D eigenvalue weighted by Gasteiger charge is -2.52. The van der Waals surface area contributed by atoms with Crippen molar-refractivity contribution in [3.63, 3.8) is 0 Å². The average molecular weight is 403 g/mol. The summed E-state index contributed by atoms with van der Waals surface area (Å²) in [5.41, 5.74) is -0.388. The number of hydrogen-bond donors (Lipinski definition) is 1. The number of aliphatic carboxylic acids is 1. The van der Waals surface area contributed by atoms with E-state index in [1.807, 2.05) is 13.0 Å². The molecule has 0 spiro atoms. The second kappa shape index (κ2) is 8.55. The van der Waals surface area contributed by atoms with Gasteiger partial charge in [-0.1, -0.05) is 60.0 Å². The Kier molecular flexibility index (Phi) is 6.65. The number of carbonyl (C=O) groups is 2. The Bertz CT molecular complexity index is 650. The fourth-order valence-corrected chi connectivity index (χ4v) is 7.48. The number of rotatable bonds is 7. The minimum Gasteiger partial charge on any atom is -0.481 e. The molecule has 3 aliphatic carbocycles. The predicted molar refractivity (Wildman–Crippen MR) is 118 cm³/mol. The minimum absolute atomic E-state index is 0.0227. The van der Waals surface area contributed by atoms with E-state index in [0.717, 1.165) is 44.4 Å². The summed E-state index contributed by atoms with van der Waals surface area (Å²) in [7, 11) is 0. The van der Waals surface area contributed by atoms with Crippen LogP contribution in [-0.4, -0.2) is 16.9 Å². The molecule has 3 aliphatic rings. The maximum absolute atomic E-state index is 12.8. The molecule has 0 saturated heterocycles. The van der Waals surface area contributed by atoms with E-state index < -0.39 is 11.4 Å². The molecular weight excluding hydrogens is 360 g/mol. The first-order valence-corrected chi connectivity index (χ1v) is 12.0. The predicted octanol–water partition coefficient (Wildman–Crippen LogP) is 6.52. The first-order valence-electron chi connectivity index (χ1n) is 12.0. The van der Waals surface area contributed by atoms with E-state index in [-0.39, 0.29) is 29.0 Å². The molecule has 0 bridgehead atoms. The highest BCUT2D eigenvalue weighted by atomic mass is 16.4. The van der Waals surface area contributed by atoms with Gasteiger partial charge in [0.1, 0.15) is 0 Å². The molecule has 0 radical (unpaired) electrons. The number of allylic oxidation sites excluding steroid dienone is 2. The number of hydrogen-bond acceptors (Lipinski definition) is 2. The zero-order valence-electron chi connectivity index (χ0n) is 19.2. The molecule has 0 aromatic heterocycles. The van der Waals surface area contributed by atoms with E-state index in [9.17, 15) is 14.7 Å². The Morgan fingerprint density at radius 2 is 1.83 bits per heavy atom. The molecule has 7 atom stereocenters. The standard InChI is InChI=1S/C26H42O3/c1-17(2)9-8-10-18(3)19-12-13-20-23(24(28)29)21(14-16-25(19,20)4)26(5)15-7-6-11-22(26)27/h6,11,17-21,23H,7-10,12-16H2,1-5H3,(H,28,29)/t18-,19-,20+,21-,23+,25+,26+/m0/s1. The van der Waals surface area contributed by atoms with Gasteiger partial charge < -0.3 is 5.11 Å². The summed E-state index contributed by atoms with van der Waals surface area (Å²) in [5.74, 6) is 1.34. The molecule has 2 saturated carbocycles. The van der Waals surface area contributed by atoms with Crippen LogP contribution in [0.15, 0.2) is 12.2 Å². The number of fused-ring (bicyclic) bond motifs is 1. The summed E-state index contributed by atoms with van der Waals surface area (Å²) in [5, 5.41) is 10.3. The molecular formula is C26H42O3. The summed E-state index contributed by atoms with van der Waals surface area (Å²) in [4.78, 5) is 25.4. The molecule has 0 unspecified atom stereocenters. The minimum atomic E-state index is -0.664. The maximum Gasteiger partial charge on any atom is 0.307 e. The molecule has 0 amide bonds. The van der Waals surface area contributed by atoms with Crippen LogP contribution in [0.3, 0.4) is 0 Å². The highest BCUT2D eigenvalue weighted by molar-refractivity contribution is 5.96. The normalized spacial score (nSPS) is 40.8. The van der Waals surface area contributed by atoms with Crippen molar-refractivity contribution in [3.8, 4) is 0 Å².